The Kier molecular flexibility index (Phi) is 2.30. The van der Waals surface area contributed by atoms with E-state index in [1.165, 1.54) is 6.33 Å². The summed E-state index contributed by atoms with van der Waals surface area (Å²) >= 11 is 5.85. The Morgan fingerprint density at radius 3 is 2.88 bits per heavy atom. The second-order valence-electron chi connectivity index (χ2n) is 3.77. The van der Waals surface area contributed by atoms with Crippen LogP contribution in [-0.2, 0) is 7.05 Å². The van der Waals surface area contributed by atoms with Crippen LogP contribution in [0.25, 0.3) is 22.2 Å². The molecule has 0 spiro atoms. The van der Waals surface area contributed by atoms with Gasteiger partial charge in [0, 0.05) is 24.1 Å². The molecule has 0 aliphatic carbocycles. The second-order valence-corrected chi connectivity index (χ2v) is 4.15. The standard InChI is InChI=1S/C12H9ClN4/c1-17-11-3-2-8(4-9(11)6-16-17)10-5-12(13)15-7-14-10/h2-7H,1H3. The van der Waals surface area contributed by atoms with E-state index < -0.39 is 0 Å². The van der Waals surface area contributed by atoms with Gasteiger partial charge in [0.05, 0.1) is 17.4 Å². The molecule has 0 fully saturated rings. The zero-order chi connectivity index (χ0) is 11.8. The SMILES string of the molecule is Cn1ncc2cc(-c3cc(Cl)ncn3)ccc21. The lowest BCUT2D eigenvalue weighted by atomic mass is 10.1. The lowest BCUT2D eigenvalue weighted by molar-refractivity contribution is 0.797. The molecule has 0 saturated heterocycles. The van der Waals surface area contributed by atoms with Crippen molar-refractivity contribution >= 4 is 22.5 Å². The number of aryl methyl sites for hydroxylation is 1. The zero-order valence-electron chi connectivity index (χ0n) is 9.13. The summed E-state index contributed by atoms with van der Waals surface area (Å²) < 4.78 is 1.84. The third-order valence-corrected chi connectivity index (χ3v) is 2.88. The average Bonchev–Trinajstić information content (AvgIpc) is 2.71. The fourth-order valence-corrected chi connectivity index (χ4v) is 1.96. The van der Waals surface area contributed by atoms with E-state index in [4.69, 9.17) is 11.6 Å². The van der Waals surface area contributed by atoms with E-state index in [1.807, 2.05) is 36.1 Å². The van der Waals surface area contributed by atoms with E-state index in [2.05, 4.69) is 15.1 Å². The summed E-state index contributed by atoms with van der Waals surface area (Å²) in [6.07, 6.45) is 3.30. The molecule has 2 heterocycles. The highest BCUT2D eigenvalue weighted by molar-refractivity contribution is 6.29. The number of hydrogen-bond donors (Lipinski definition) is 0. The fourth-order valence-electron chi connectivity index (χ4n) is 1.81. The van der Waals surface area contributed by atoms with Crippen LogP contribution < -0.4 is 0 Å². The Morgan fingerprint density at radius 1 is 1.18 bits per heavy atom. The summed E-state index contributed by atoms with van der Waals surface area (Å²) in [5.74, 6) is 0. The molecule has 17 heavy (non-hydrogen) atoms. The Balaban J connectivity index is 2.18. The molecule has 2 aromatic heterocycles. The predicted octanol–water partition coefficient (Wildman–Crippen LogP) is 2.68. The number of fused-ring (bicyclic) bond motifs is 1. The van der Waals surface area contributed by atoms with Crippen molar-refractivity contribution in [1.82, 2.24) is 19.7 Å². The summed E-state index contributed by atoms with van der Waals surface area (Å²) in [5, 5.41) is 5.73. The highest BCUT2D eigenvalue weighted by Gasteiger charge is 2.04. The lowest BCUT2D eigenvalue weighted by Crippen LogP contribution is -1.89. The first-order valence-corrected chi connectivity index (χ1v) is 5.51. The molecule has 0 saturated carbocycles. The summed E-state index contributed by atoms with van der Waals surface area (Å²) in [6, 6.07) is 7.82. The molecule has 0 aliphatic heterocycles. The van der Waals surface area contributed by atoms with Crippen molar-refractivity contribution in [3.63, 3.8) is 0 Å². The van der Waals surface area contributed by atoms with E-state index in [0.29, 0.717) is 5.15 Å². The van der Waals surface area contributed by atoms with Gasteiger partial charge in [0.25, 0.3) is 0 Å². The van der Waals surface area contributed by atoms with Gasteiger partial charge in [0.1, 0.15) is 11.5 Å². The van der Waals surface area contributed by atoms with Crippen LogP contribution in [0.5, 0.6) is 0 Å². The Labute approximate surface area is 103 Å². The van der Waals surface area contributed by atoms with E-state index in [1.54, 1.807) is 6.07 Å². The Bertz CT molecular complexity index is 690. The normalized spacial score (nSPS) is 10.9. The van der Waals surface area contributed by atoms with Gasteiger partial charge in [-0.15, -0.1) is 0 Å². The molecule has 0 radical (unpaired) electrons. The van der Waals surface area contributed by atoms with Crippen molar-refractivity contribution in [2.45, 2.75) is 0 Å². The molecular formula is C12H9ClN4. The Morgan fingerprint density at radius 2 is 2.06 bits per heavy atom. The fraction of sp³-hybridized carbons (Fsp3) is 0.0833. The molecule has 0 N–H and O–H groups in total. The molecule has 1 aromatic carbocycles. The molecule has 0 amide bonds. The molecular weight excluding hydrogens is 236 g/mol. The molecule has 84 valence electrons. The highest BCUT2D eigenvalue weighted by atomic mass is 35.5. The summed E-state index contributed by atoms with van der Waals surface area (Å²) in [5.41, 5.74) is 2.92. The van der Waals surface area contributed by atoms with Crippen LogP contribution in [0.15, 0.2) is 36.8 Å². The van der Waals surface area contributed by atoms with Crippen molar-refractivity contribution in [3.8, 4) is 11.3 Å². The summed E-state index contributed by atoms with van der Waals surface area (Å²) in [7, 11) is 1.92. The van der Waals surface area contributed by atoms with Gasteiger partial charge in [-0.1, -0.05) is 17.7 Å². The maximum atomic E-state index is 5.85. The van der Waals surface area contributed by atoms with E-state index in [0.717, 1.165) is 22.2 Å². The minimum absolute atomic E-state index is 0.446. The maximum absolute atomic E-state index is 5.85. The molecule has 5 heteroatoms. The third-order valence-electron chi connectivity index (χ3n) is 2.68. The van der Waals surface area contributed by atoms with Gasteiger partial charge < -0.3 is 0 Å². The number of rotatable bonds is 1. The van der Waals surface area contributed by atoms with Crippen LogP contribution in [-0.4, -0.2) is 19.7 Å². The zero-order valence-corrected chi connectivity index (χ0v) is 9.89. The Hall–Kier alpha value is -1.94. The van der Waals surface area contributed by atoms with E-state index in [-0.39, 0.29) is 0 Å². The summed E-state index contributed by atoms with van der Waals surface area (Å²) in [6.45, 7) is 0. The first kappa shape index (κ1) is 10.2. The van der Waals surface area contributed by atoms with Crippen LogP contribution in [0.3, 0.4) is 0 Å². The van der Waals surface area contributed by atoms with Crippen LogP contribution in [0, 0.1) is 0 Å². The molecule has 0 atom stereocenters. The quantitative estimate of drug-likeness (QED) is 0.618. The third kappa shape index (κ3) is 1.76. The van der Waals surface area contributed by atoms with Gasteiger partial charge in [-0.3, -0.25) is 4.68 Å². The molecule has 0 bridgehead atoms. The largest absolute Gasteiger partial charge is 0.268 e. The van der Waals surface area contributed by atoms with Gasteiger partial charge in [-0.05, 0) is 12.1 Å². The average molecular weight is 245 g/mol. The molecule has 4 nitrogen and oxygen atoms in total. The predicted molar refractivity (Wildman–Crippen MR) is 66.8 cm³/mol. The summed E-state index contributed by atoms with van der Waals surface area (Å²) in [4.78, 5) is 8.07. The first-order chi connectivity index (χ1) is 8.24. The van der Waals surface area contributed by atoms with Gasteiger partial charge in [0.2, 0.25) is 0 Å². The van der Waals surface area contributed by atoms with Crippen molar-refractivity contribution in [2.24, 2.45) is 7.05 Å². The van der Waals surface area contributed by atoms with Gasteiger partial charge in [-0.25, -0.2) is 9.97 Å². The minimum atomic E-state index is 0.446. The minimum Gasteiger partial charge on any atom is -0.268 e. The molecule has 3 aromatic rings. The van der Waals surface area contributed by atoms with Crippen molar-refractivity contribution < 1.29 is 0 Å². The first-order valence-electron chi connectivity index (χ1n) is 5.14. The van der Waals surface area contributed by atoms with Gasteiger partial charge in [0.15, 0.2) is 0 Å². The highest BCUT2D eigenvalue weighted by Crippen LogP contribution is 2.23. The maximum Gasteiger partial charge on any atom is 0.133 e. The van der Waals surface area contributed by atoms with Crippen molar-refractivity contribution in [1.29, 1.82) is 0 Å². The lowest BCUT2D eigenvalue weighted by Gasteiger charge is -2.01. The van der Waals surface area contributed by atoms with Crippen LogP contribution in [0.4, 0.5) is 0 Å². The van der Waals surface area contributed by atoms with Crippen molar-refractivity contribution in [2.75, 3.05) is 0 Å². The monoisotopic (exact) mass is 244 g/mol. The van der Waals surface area contributed by atoms with Crippen molar-refractivity contribution in [3.05, 3.63) is 41.9 Å². The number of nitrogens with zero attached hydrogens (tertiary/aromatic N) is 4. The van der Waals surface area contributed by atoms with E-state index in [9.17, 15) is 0 Å². The number of benzene rings is 1. The second kappa shape index (κ2) is 3.82. The van der Waals surface area contributed by atoms with Crippen LogP contribution in [0.1, 0.15) is 0 Å². The molecule has 0 unspecified atom stereocenters. The van der Waals surface area contributed by atoms with Crippen LogP contribution in [0.2, 0.25) is 5.15 Å². The number of aromatic nitrogens is 4. The number of hydrogen-bond acceptors (Lipinski definition) is 3. The molecule has 0 aliphatic rings. The smallest absolute Gasteiger partial charge is 0.133 e. The topological polar surface area (TPSA) is 43.6 Å². The van der Waals surface area contributed by atoms with E-state index >= 15 is 0 Å². The van der Waals surface area contributed by atoms with Crippen LogP contribution >= 0.6 is 11.6 Å². The van der Waals surface area contributed by atoms with Gasteiger partial charge in [-0.2, -0.15) is 5.10 Å². The molecule has 3 rings (SSSR count). The van der Waals surface area contributed by atoms with Gasteiger partial charge >= 0.3 is 0 Å². The number of halogens is 1.